The van der Waals surface area contributed by atoms with Crippen molar-refractivity contribution in [2.75, 3.05) is 19.8 Å². The van der Waals surface area contributed by atoms with Gasteiger partial charge in [0.25, 0.3) is 0 Å². The minimum Gasteiger partial charge on any atom is -0.381 e. The molecule has 0 radical (unpaired) electrons. The van der Waals surface area contributed by atoms with Crippen LogP contribution in [-0.2, 0) is 16.0 Å². The maximum Gasteiger partial charge on any atom is 0.220 e. The molecule has 0 aromatic carbocycles. The van der Waals surface area contributed by atoms with Crippen molar-refractivity contribution in [2.45, 2.75) is 25.7 Å². The molecule has 1 amide bonds. The number of nitrogens with zero attached hydrogens (tertiary/aromatic N) is 1. The summed E-state index contributed by atoms with van der Waals surface area (Å²) in [4.78, 5) is 15.8. The Morgan fingerprint density at radius 1 is 1.56 bits per heavy atom. The van der Waals surface area contributed by atoms with Gasteiger partial charge in [-0.2, -0.15) is 0 Å². The molecule has 1 atom stereocenters. The van der Waals surface area contributed by atoms with Gasteiger partial charge in [0.15, 0.2) is 0 Å². The third-order valence-electron chi connectivity index (χ3n) is 3.19. The van der Waals surface area contributed by atoms with Gasteiger partial charge in [0.05, 0.1) is 0 Å². The fourth-order valence-corrected chi connectivity index (χ4v) is 2.20. The summed E-state index contributed by atoms with van der Waals surface area (Å²) < 4.78 is 5.37. The highest BCUT2D eigenvalue weighted by atomic mass is 16.5. The maximum absolute atomic E-state index is 11.7. The Balaban J connectivity index is 1.62. The largest absolute Gasteiger partial charge is 0.381 e. The summed E-state index contributed by atoms with van der Waals surface area (Å²) in [5, 5.41) is 2.96. The van der Waals surface area contributed by atoms with Crippen LogP contribution in [0, 0.1) is 5.92 Å². The first kappa shape index (κ1) is 13.0. The van der Waals surface area contributed by atoms with Gasteiger partial charge in [-0.25, -0.2) is 0 Å². The number of hydrogen-bond donors (Lipinski definition) is 1. The summed E-state index contributed by atoms with van der Waals surface area (Å²) in [6.07, 6.45) is 7.20. The minimum atomic E-state index is 0.134. The third kappa shape index (κ3) is 4.45. The lowest BCUT2D eigenvalue weighted by Gasteiger charge is -2.21. The van der Waals surface area contributed by atoms with Crippen molar-refractivity contribution in [3.8, 4) is 0 Å². The lowest BCUT2D eigenvalue weighted by molar-refractivity contribution is -0.123. The van der Waals surface area contributed by atoms with E-state index in [9.17, 15) is 4.79 Å². The van der Waals surface area contributed by atoms with Gasteiger partial charge in [-0.1, -0.05) is 6.07 Å². The molecule has 4 heteroatoms. The smallest absolute Gasteiger partial charge is 0.220 e. The number of amides is 1. The molecule has 0 saturated carbocycles. The molecule has 0 aliphatic carbocycles. The molecule has 98 valence electrons. The Morgan fingerprint density at radius 3 is 3.22 bits per heavy atom. The van der Waals surface area contributed by atoms with Crippen molar-refractivity contribution >= 4 is 5.91 Å². The van der Waals surface area contributed by atoms with Gasteiger partial charge in [-0.05, 0) is 36.8 Å². The molecule has 1 aromatic rings. The van der Waals surface area contributed by atoms with E-state index in [2.05, 4.69) is 10.3 Å². The fourth-order valence-electron chi connectivity index (χ4n) is 2.20. The summed E-state index contributed by atoms with van der Waals surface area (Å²) in [6.45, 7) is 2.26. The van der Waals surface area contributed by atoms with Gasteiger partial charge in [0, 0.05) is 38.6 Å². The molecule has 2 heterocycles. The topological polar surface area (TPSA) is 51.2 Å². The van der Waals surface area contributed by atoms with Crippen LogP contribution in [0.25, 0.3) is 0 Å². The number of hydrogen-bond acceptors (Lipinski definition) is 3. The van der Waals surface area contributed by atoms with E-state index < -0.39 is 0 Å². The van der Waals surface area contributed by atoms with E-state index in [4.69, 9.17) is 4.74 Å². The molecular weight excluding hydrogens is 228 g/mol. The second-order valence-electron chi connectivity index (χ2n) is 4.75. The highest BCUT2D eigenvalue weighted by molar-refractivity contribution is 5.76. The Labute approximate surface area is 108 Å². The predicted molar refractivity (Wildman–Crippen MR) is 69.1 cm³/mol. The summed E-state index contributed by atoms with van der Waals surface area (Å²) in [5.41, 5.74) is 1.15. The minimum absolute atomic E-state index is 0.134. The standard InChI is InChI=1S/C14H20N2O2/c17-14(9-13-4-2-8-18-11-13)16-7-5-12-3-1-6-15-10-12/h1,3,6,10,13H,2,4-5,7-9,11H2,(H,16,17)/t13-/m0/s1. The number of ether oxygens (including phenoxy) is 1. The zero-order valence-corrected chi connectivity index (χ0v) is 10.6. The Morgan fingerprint density at radius 2 is 2.50 bits per heavy atom. The van der Waals surface area contributed by atoms with Crippen LogP contribution in [0.5, 0.6) is 0 Å². The number of carbonyl (C=O) groups is 1. The van der Waals surface area contributed by atoms with E-state index >= 15 is 0 Å². The molecule has 1 saturated heterocycles. The van der Waals surface area contributed by atoms with E-state index in [1.165, 1.54) is 0 Å². The Hall–Kier alpha value is -1.42. The molecule has 1 aliphatic rings. The van der Waals surface area contributed by atoms with Crippen LogP contribution in [0.15, 0.2) is 24.5 Å². The van der Waals surface area contributed by atoms with E-state index in [0.717, 1.165) is 38.0 Å². The van der Waals surface area contributed by atoms with Crippen molar-refractivity contribution in [1.29, 1.82) is 0 Å². The SMILES string of the molecule is O=C(C[C@@H]1CCCOC1)NCCc1cccnc1. The van der Waals surface area contributed by atoms with Crippen LogP contribution >= 0.6 is 0 Å². The van der Waals surface area contributed by atoms with Crippen molar-refractivity contribution in [3.63, 3.8) is 0 Å². The number of aromatic nitrogens is 1. The Kier molecular flexibility index (Phi) is 5.15. The van der Waals surface area contributed by atoms with Crippen LogP contribution in [0.4, 0.5) is 0 Å². The lowest BCUT2D eigenvalue weighted by atomic mass is 9.98. The van der Waals surface area contributed by atoms with Crippen molar-refractivity contribution in [1.82, 2.24) is 10.3 Å². The first-order valence-corrected chi connectivity index (χ1v) is 6.58. The van der Waals surface area contributed by atoms with Crippen LogP contribution in [0.2, 0.25) is 0 Å². The fraction of sp³-hybridized carbons (Fsp3) is 0.571. The van der Waals surface area contributed by atoms with Gasteiger partial charge in [0.2, 0.25) is 5.91 Å². The van der Waals surface area contributed by atoms with Crippen LogP contribution < -0.4 is 5.32 Å². The molecule has 0 bridgehead atoms. The Bertz CT molecular complexity index is 361. The maximum atomic E-state index is 11.7. The van der Waals surface area contributed by atoms with Crippen LogP contribution in [0.1, 0.15) is 24.8 Å². The summed E-state index contributed by atoms with van der Waals surface area (Å²) in [7, 11) is 0. The van der Waals surface area contributed by atoms with Gasteiger partial charge in [0.1, 0.15) is 0 Å². The van der Waals surface area contributed by atoms with E-state index in [1.807, 2.05) is 18.3 Å². The molecular formula is C14H20N2O2. The number of carbonyl (C=O) groups excluding carboxylic acids is 1. The zero-order chi connectivity index (χ0) is 12.6. The molecule has 0 spiro atoms. The molecule has 4 nitrogen and oxygen atoms in total. The normalized spacial score (nSPS) is 19.4. The zero-order valence-electron chi connectivity index (χ0n) is 10.6. The highest BCUT2D eigenvalue weighted by Gasteiger charge is 2.17. The van der Waals surface area contributed by atoms with Crippen LogP contribution in [-0.4, -0.2) is 30.6 Å². The molecule has 0 unspecified atom stereocenters. The second-order valence-corrected chi connectivity index (χ2v) is 4.75. The molecule has 2 rings (SSSR count). The quantitative estimate of drug-likeness (QED) is 0.860. The average Bonchev–Trinajstić information content (AvgIpc) is 2.41. The number of nitrogens with one attached hydrogen (secondary N) is 1. The molecule has 1 aliphatic heterocycles. The van der Waals surface area contributed by atoms with Gasteiger partial charge in [-0.3, -0.25) is 9.78 Å². The molecule has 1 aromatic heterocycles. The first-order chi connectivity index (χ1) is 8.84. The van der Waals surface area contributed by atoms with Crippen molar-refractivity contribution in [2.24, 2.45) is 5.92 Å². The second kappa shape index (κ2) is 7.11. The predicted octanol–water partition coefficient (Wildman–Crippen LogP) is 1.56. The summed E-state index contributed by atoms with van der Waals surface area (Å²) in [6, 6.07) is 3.94. The molecule has 1 fully saturated rings. The number of pyridine rings is 1. The van der Waals surface area contributed by atoms with Crippen LogP contribution in [0.3, 0.4) is 0 Å². The third-order valence-corrected chi connectivity index (χ3v) is 3.19. The highest BCUT2D eigenvalue weighted by Crippen LogP contribution is 2.16. The monoisotopic (exact) mass is 248 g/mol. The summed E-state index contributed by atoms with van der Waals surface area (Å²) in [5.74, 6) is 0.534. The van der Waals surface area contributed by atoms with Gasteiger partial charge >= 0.3 is 0 Å². The number of rotatable bonds is 5. The van der Waals surface area contributed by atoms with E-state index in [0.29, 0.717) is 18.9 Å². The van der Waals surface area contributed by atoms with E-state index in [1.54, 1.807) is 6.20 Å². The van der Waals surface area contributed by atoms with Gasteiger partial charge < -0.3 is 10.1 Å². The first-order valence-electron chi connectivity index (χ1n) is 6.58. The summed E-state index contributed by atoms with van der Waals surface area (Å²) >= 11 is 0. The van der Waals surface area contributed by atoms with Crippen molar-refractivity contribution < 1.29 is 9.53 Å². The van der Waals surface area contributed by atoms with Crippen molar-refractivity contribution in [3.05, 3.63) is 30.1 Å². The lowest BCUT2D eigenvalue weighted by Crippen LogP contribution is -2.30. The van der Waals surface area contributed by atoms with Gasteiger partial charge in [-0.15, -0.1) is 0 Å². The van der Waals surface area contributed by atoms with E-state index in [-0.39, 0.29) is 5.91 Å². The molecule has 18 heavy (non-hydrogen) atoms. The average molecular weight is 248 g/mol. The molecule has 1 N–H and O–H groups in total.